The Morgan fingerprint density at radius 1 is 1.28 bits per heavy atom. The van der Waals surface area contributed by atoms with E-state index in [0.717, 1.165) is 10.0 Å². The van der Waals surface area contributed by atoms with Gasteiger partial charge in [0.25, 0.3) is 0 Å². The Labute approximate surface area is 178 Å². The smallest absolute Gasteiger partial charge is 0.339 e. The van der Waals surface area contributed by atoms with Crippen LogP contribution in [0.3, 0.4) is 0 Å². The number of morpholine rings is 1. The molecule has 0 N–H and O–H groups in total. The predicted molar refractivity (Wildman–Crippen MR) is 111 cm³/mol. The van der Waals surface area contributed by atoms with Crippen molar-refractivity contribution in [3.8, 4) is 0 Å². The third kappa shape index (κ3) is 4.95. The zero-order chi connectivity index (χ0) is 21.0. The maximum Gasteiger partial charge on any atom is 0.339 e. The van der Waals surface area contributed by atoms with Crippen LogP contribution in [-0.4, -0.2) is 64.1 Å². The highest BCUT2D eigenvalue weighted by atomic mass is 79.9. The molecule has 29 heavy (non-hydrogen) atoms. The summed E-state index contributed by atoms with van der Waals surface area (Å²) in [6.45, 7) is 1.60. The number of nitrogens with zero attached hydrogens (tertiary/aromatic N) is 3. The topological polar surface area (TPSA) is 89.0 Å². The van der Waals surface area contributed by atoms with Gasteiger partial charge in [-0.2, -0.15) is 4.31 Å². The Morgan fingerprint density at radius 3 is 2.55 bits per heavy atom. The molecule has 0 bridgehead atoms. The molecule has 1 aliphatic heterocycles. The Hall–Kier alpha value is -2.01. The van der Waals surface area contributed by atoms with E-state index in [1.54, 1.807) is 11.9 Å². The van der Waals surface area contributed by atoms with Crippen LogP contribution in [0.5, 0.6) is 0 Å². The summed E-state index contributed by atoms with van der Waals surface area (Å²) in [5.74, 6) is -0.370. The van der Waals surface area contributed by atoms with Gasteiger partial charge in [-0.3, -0.25) is 0 Å². The third-order valence-electron chi connectivity index (χ3n) is 4.54. The number of carbonyl (C=O) groups excluding carboxylic acids is 1. The number of ether oxygens (including phenoxy) is 2. The molecular formula is C19H22BrN3O5S. The maximum atomic E-state index is 13.3. The maximum absolute atomic E-state index is 13.3. The highest BCUT2D eigenvalue weighted by molar-refractivity contribution is 9.10. The van der Waals surface area contributed by atoms with Crippen LogP contribution in [0.4, 0.5) is 5.82 Å². The van der Waals surface area contributed by atoms with E-state index in [1.807, 2.05) is 24.3 Å². The fourth-order valence-electron chi connectivity index (χ4n) is 3.01. The average Bonchev–Trinajstić information content (AvgIpc) is 2.75. The summed E-state index contributed by atoms with van der Waals surface area (Å²) < 4.78 is 38.9. The molecule has 0 unspecified atom stereocenters. The summed E-state index contributed by atoms with van der Waals surface area (Å²) in [4.78, 5) is 18.0. The minimum atomic E-state index is -3.87. The number of anilines is 1. The van der Waals surface area contributed by atoms with Crippen molar-refractivity contribution in [2.45, 2.75) is 11.4 Å². The standard InChI is InChI=1S/C19H22BrN3O5S/c1-22(13-14-3-5-16(20)6-4-14)18-17(11-15(12-21-18)19(24)27-2)29(25,26)23-7-9-28-10-8-23/h3-6,11-12H,7-10,13H2,1-2H3. The Morgan fingerprint density at radius 2 is 1.93 bits per heavy atom. The van der Waals surface area contributed by atoms with Crippen molar-refractivity contribution >= 4 is 37.7 Å². The van der Waals surface area contributed by atoms with E-state index in [-0.39, 0.29) is 29.4 Å². The summed E-state index contributed by atoms with van der Waals surface area (Å²) in [6.07, 6.45) is 1.33. The van der Waals surface area contributed by atoms with E-state index < -0.39 is 16.0 Å². The number of sulfonamides is 1. The number of rotatable bonds is 6. The van der Waals surface area contributed by atoms with E-state index >= 15 is 0 Å². The van der Waals surface area contributed by atoms with E-state index in [2.05, 4.69) is 20.9 Å². The van der Waals surface area contributed by atoms with Gasteiger partial charge in [0, 0.05) is 37.4 Å². The first-order valence-electron chi connectivity index (χ1n) is 8.95. The van der Waals surface area contributed by atoms with Crippen molar-refractivity contribution in [1.29, 1.82) is 0 Å². The van der Waals surface area contributed by atoms with Crippen LogP contribution in [0.1, 0.15) is 15.9 Å². The molecule has 1 aromatic carbocycles. The van der Waals surface area contributed by atoms with Crippen molar-refractivity contribution in [3.05, 3.63) is 52.1 Å². The molecule has 2 heterocycles. The number of hydrogen-bond donors (Lipinski definition) is 0. The van der Waals surface area contributed by atoms with Gasteiger partial charge in [-0.05, 0) is 23.8 Å². The summed E-state index contributed by atoms with van der Waals surface area (Å²) in [6, 6.07) is 9.06. The van der Waals surface area contributed by atoms with E-state index in [4.69, 9.17) is 9.47 Å². The number of halogens is 1. The van der Waals surface area contributed by atoms with Crippen LogP contribution < -0.4 is 4.90 Å². The minimum Gasteiger partial charge on any atom is -0.465 e. The lowest BCUT2D eigenvalue weighted by molar-refractivity contribution is 0.0600. The highest BCUT2D eigenvalue weighted by Gasteiger charge is 2.31. The molecule has 10 heteroatoms. The molecule has 8 nitrogen and oxygen atoms in total. The highest BCUT2D eigenvalue weighted by Crippen LogP contribution is 2.28. The monoisotopic (exact) mass is 483 g/mol. The zero-order valence-corrected chi connectivity index (χ0v) is 18.6. The van der Waals surface area contributed by atoms with Gasteiger partial charge < -0.3 is 14.4 Å². The number of methoxy groups -OCH3 is 1. The lowest BCUT2D eigenvalue weighted by atomic mass is 10.2. The van der Waals surface area contributed by atoms with Crippen LogP contribution >= 0.6 is 15.9 Å². The number of carbonyl (C=O) groups is 1. The van der Waals surface area contributed by atoms with Crippen LogP contribution in [0.2, 0.25) is 0 Å². The second kappa shape index (κ2) is 9.21. The molecule has 156 valence electrons. The van der Waals surface area contributed by atoms with Crippen LogP contribution in [-0.2, 0) is 26.0 Å². The molecule has 1 saturated heterocycles. The van der Waals surface area contributed by atoms with Gasteiger partial charge in [-0.1, -0.05) is 28.1 Å². The van der Waals surface area contributed by atoms with E-state index in [1.165, 1.54) is 23.7 Å². The van der Waals surface area contributed by atoms with Gasteiger partial charge in [0.05, 0.1) is 25.9 Å². The van der Waals surface area contributed by atoms with Crippen molar-refractivity contribution in [3.63, 3.8) is 0 Å². The summed E-state index contributed by atoms with van der Waals surface area (Å²) in [5, 5.41) is 0. The Kier molecular flexibility index (Phi) is 6.89. The van der Waals surface area contributed by atoms with Crippen LogP contribution in [0, 0.1) is 0 Å². The van der Waals surface area contributed by atoms with Gasteiger partial charge in [0.15, 0.2) is 0 Å². The normalized spacial score (nSPS) is 15.1. The summed E-state index contributed by atoms with van der Waals surface area (Å²) >= 11 is 3.40. The van der Waals surface area contributed by atoms with E-state index in [0.29, 0.717) is 19.8 Å². The van der Waals surface area contributed by atoms with Crippen LogP contribution in [0.25, 0.3) is 0 Å². The van der Waals surface area contributed by atoms with Gasteiger partial charge >= 0.3 is 5.97 Å². The molecule has 0 amide bonds. The molecule has 0 saturated carbocycles. The van der Waals surface area contributed by atoms with E-state index in [9.17, 15) is 13.2 Å². The van der Waals surface area contributed by atoms with Crippen LogP contribution in [0.15, 0.2) is 45.9 Å². The fourth-order valence-corrected chi connectivity index (χ4v) is 4.90. The second-order valence-electron chi connectivity index (χ2n) is 6.54. The van der Waals surface area contributed by atoms with Gasteiger partial charge in [0.1, 0.15) is 10.7 Å². The largest absolute Gasteiger partial charge is 0.465 e. The quantitative estimate of drug-likeness (QED) is 0.582. The minimum absolute atomic E-state index is 0.0260. The number of benzene rings is 1. The Bertz CT molecular complexity index is 976. The summed E-state index contributed by atoms with van der Waals surface area (Å²) in [7, 11) is -0.861. The molecule has 2 aromatic rings. The molecule has 1 fully saturated rings. The third-order valence-corrected chi connectivity index (χ3v) is 6.97. The van der Waals surface area contributed by atoms with Gasteiger partial charge in [-0.15, -0.1) is 0 Å². The van der Waals surface area contributed by atoms with Crippen molar-refractivity contribution in [2.75, 3.05) is 45.4 Å². The molecular weight excluding hydrogens is 462 g/mol. The Balaban J connectivity index is 2.01. The van der Waals surface area contributed by atoms with Gasteiger partial charge in [-0.25, -0.2) is 18.2 Å². The fraction of sp³-hybridized carbons (Fsp3) is 0.368. The number of aromatic nitrogens is 1. The van der Waals surface area contributed by atoms with Gasteiger partial charge in [0.2, 0.25) is 10.0 Å². The molecule has 1 aliphatic rings. The number of esters is 1. The lowest BCUT2D eigenvalue weighted by Gasteiger charge is -2.28. The molecule has 1 aromatic heterocycles. The van der Waals surface area contributed by atoms with Crippen molar-refractivity contribution < 1.29 is 22.7 Å². The first-order chi connectivity index (χ1) is 13.8. The zero-order valence-electron chi connectivity index (χ0n) is 16.2. The molecule has 0 aliphatic carbocycles. The van der Waals surface area contributed by atoms with Crippen molar-refractivity contribution in [2.24, 2.45) is 0 Å². The summed E-state index contributed by atoms with van der Waals surface area (Å²) in [5.41, 5.74) is 1.07. The SMILES string of the molecule is COC(=O)c1cnc(N(C)Cc2ccc(Br)cc2)c(S(=O)(=O)N2CCOCC2)c1. The molecule has 0 spiro atoms. The number of hydrogen-bond acceptors (Lipinski definition) is 7. The molecule has 3 rings (SSSR count). The molecule has 0 atom stereocenters. The molecule has 0 radical (unpaired) electrons. The second-order valence-corrected chi connectivity index (χ2v) is 9.36. The predicted octanol–water partition coefficient (Wildman–Crippen LogP) is 2.29. The lowest BCUT2D eigenvalue weighted by Crippen LogP contribution is -2.41. The number of pyridine rings is 1. The first-order valence-corrected chi connectivity index (χ1v) is 11.2. The first kappa shape index (κ1) is 21.7. The van der Waals surface area contributed by atoms with Crippen molar-refractivity contribution in [1.82, 2.24) is 9.29 Å². The average molecular weight is 484 g/mol.